The molecule has 1 amide bonds. The molecule has 18 heavy (non-hydrogen) atoms. The minimum absolute atomic E-state index is 0.00947. The van der Waals surface area contributed by atoms with Gasteiger partial charge in [-0.1, -0.05) is 6.07 Å². The highest BCUT2D eigenvalue weighted by Crippen LogP contribution is 2.49. The predicted octanol–water partition coefficient (Wildman–Crippen LogP) is 2.31. The lowest BCUT2D eigenvalue weighted by molar-refractivity contribution is -0.138. The summed E-state index contributed by atoms with van der Waals surface area (Å²) in [6.07, 6.45) is 0.700. The number of fused-ring (bicyclic) bond motifs is 1. The van der Waals surface area contributed by atoms with Crippen LogP contribution in [0.2, 0.25) is 0 Å². The standard InChI is InChI=1S/C13H13NO3S/c1-6-12(15)14-10-4-7(2-3-11(10)18-6)8-5-9(8)13(16)17/h2-4,6,8-9H,5H2,1H3,(H,14,15)(H,16,17). The SMILES string of the molecule is CC1Sc2ccc(C3CC3C(=O)O)cc2NC1=O. The number of hydrogen-bond acceptors (Lipinski definition) is 3. The van der Waals surface area contributed by atoms with Crippen molar-refractivity contribution < 1.29 is 14.7 Å². The van der Waals surface area contributed by atoms with Crippen LogP contribution in [0.5, 0.6) is 0 Å². The molecule has 3 rings (SSSR count). The van der Waals surface area contributed by atoms with Crippen LogP contribution in [0, 0.1) is 5.92 Å². The van der Waals surface area contributed by atoms with Crippen molar-refractivity contribution in [2.75, 3.05) is 5.32 Å². The summed E-state index contributed by atoms with van der Waals surface area (Å²) < 4.78 is 0. The molecule has 2 aliphatic rings. The van der Waals surface area contributed by atoms with Gasteiger partial charge < -0.3 is 10.4 Å². The molecule has 0 radical (unpaired) electrons. The highest BCUT2D eigenvalue weighted by Gasteiger charge is 2.44. The van der Waals surface area contributed by atoms with E-state index in [9.17, 15) is 9.59 Å². The first-order valence-corrected chi connectivity index (χ1v) is 6.78. The number of amides is 1. The first-order chi connectivity index (χ1) is 8.56. The molecule has 1 saturated carbocycles. The fourth-order valence-corrected chi connectivity index (χ4v) is 3.22. The van der Waals surface area contributed by atoms with Crippen LogP contribution >= 0.6 is 11.8 Å². The predicted molar refractivity (Wildman–Crippen MR) is 68.9 cm³/mol. The number of nitrogens with one attached hydrogen (secondary N) is 1. The fraction of sp³-hybridized carbons (Fsp3) is 0.385. The number of aliphatic carboxylic acids is 1. The molecule has 1 heterocycles. The Hall–Kier alpha value is -1.49. The van der Waals surface area contributed by atoms with Gasteiger partial charge in [-0.05, 0) is 37.0 Å². The van der Waals surface area contributed by atoms with Gasteiger partial charge in [-0.2, -0.15) is 0 Å². The number of thioether (sulfide) groups is 1. The number of carboxylic acid groups (broad SMARTS) is 1. The largest absolute Gasteiger partial charge is 0.481 e. The van der Waals surface area contributed by atoms with Crippen molar-refractivity contribution in [2.45, 2.75) is 29.4 Å². The van der Waals surface area contributed by atoms with E-state index in [1.54, 1.807) is 0 Å². The van der Waals surface area contributed by atoms with Crippen LogP contribution in [0.1, 0.15) is 24.8 Å². The van der Waals surface area contributed by atoms with Crippen LogP contribution in [-0.2, 0) is 9.59 Å². The van der Waals surface area contributed by atoms with Crippen LogP contribution in [0.3, 0.4) is 0 Å². The van der Waals surface area contributed by atoms with Gasteiger partial charge in [-0.15, -0.1) is 11.8 Å². The molecule has 3 atom stereocenters. The molecule has 0 spiro atoms. The Morgan fingerprint density at radius 2 is 2.28 bits per heavy atom. The maximum Gasteiger partial charge on any atom is 0.307 e. The quantitative estimate of drug-likeness (QED) is 0.859. The zero-order chi connectivity index (χ0) is 12.9. The van der Waals surface area contributed by atoms with E-state index >= 15 is 0 Å². The lowest BCUT2D eigenvalue weighted by Gasteiger charge is -2.21. The van der Waals surface area contributed by atoms with Crippen molar-refractivity contribution in [2.24, 2.45) is 5.92 Å². The van der Waals surface area contributed by atoms with Crippen molar-refractivity contribution in [1.82, 2.24) is 0 Å². The molecule has 0 saturated heterocycles. The van der Waals surface area contributed by atoms with Gasteiger partial charge in [0.05, 0.1) is 16.9 Å². The molecule has 1 aromatic carbocycles. The maximum atomic E-state index is 11.6. The average molecular weight is 263 g/mol. The van der Waals surface area contributed by atoms with Crippen LogP contribution in [-0.4, -0.2) is 22.2 Å². The number of hydrogen-bond donors (Lipinski definition) is 2. The Balaban J connectivity index is 1.86. The number of carbonyl (C=O) groups excluding carboxylic acids is 1. The van der Waals surface area contributed by atoms with Crippen molar-refractivity contribution >= 4 is 29.3 Å². The summed E-state index contributed by atoms with van der Waals surface area (Å²) in [5.74, 6) is -0.872. The van der Waals surface area contributed by atoms with Crippen LogP contribution in [0.15, 0.2) is 23.1 Å². The lowest BCUT2D eigenvalue weighted by Crippen LogP contribution is -2.26. The summed E-state index contributed by atoms with van der Waals surface area (Å²) >= 11 is 1.54. The Labute approximate surface area is 109 Å². The van der Waals surface area contributed by atoms with Crippen LogP contribution in [0.25, 0.3) is 0 Å². The molecule has 4 nitrogen and oxygen atoms in total. The molecule has 0 aromatic heterocycles. The molecule has 94 valence electrons. The van der Waals surface area contributed by atoms with Crippen LogP contribution < -0.4 is 5.32 Å². The first kappa shape index (κ1) is 11.6. The van der Waals surface area contributed by atoms with Crippen molar-refractivity contribution in [3.8, 4) is 0 Å². The minimum atomic E-state index is -0.732. The van der Waals surface area contributed by atoms with Gasteiger partial charge in [0.25, 0.3) is 0 Å². The molecule has 0 bridgehead atoms. The second-order valence-electron chi connectivity index (χ2n) is 4.79. The fourth-order valence-electron chi connectivity index (χ4n) is 2.29. The van der Waals surface area contributed by atoms with E-state index in [4.69, 9.17) is 5.11 Å². The third kappa shape index (κ3) is 1.88. The highest BCUT2D eigenvalue weighted by atomic mass is 32.2. The van der Waals surface area contributed by atoms with E-state index in [-0.39, 0.29) is 23.0 Å². The topological polar surface area (TPSA) is 66.4 Å². The summed E-state index contributed by atoms with van der Waals surface area (Å²) in [4.78, 5) is 23.5. The third-order valence-corrected chi connectivity index (χ3v) is 4.65. The van der Waals surface area contributed by atoms with Crippen molar-refractivity contribution in [3.05, 3.63) is 23.8 Å². The molecular formula is C13H13NO3S. The molecule has 1 aromatic rings. The van der Waals surface area contributed by atoms with Gasteiger partial charge >= 0.3 is 5.97 Å². The number of benzene rings is 1. The van der Waals surface area contributed by atoms with Crippen molar-refractivity contribution in [1.29, 1.82) is 0 Å². The average Bonchev–Trinajstić information content (AvgIpc) is 3.10. The van der Waals surface area contributed by atoms with E-state index in [0.29, 0.717) is 6.42 Å². The Bertz CT molecular complexity index is 543. The van der Waals surface area contributed by atoms with Gasteiger partial charge in [-0.3, -0.25) is 9.59 Å². The second kappa shape index (κ2) is 4.02. The van der Waals surface area contributed by atoms with Crippen molar-refractivity contribution in [3.63, 3.8) is 0 Å². The van der Waals surface area contributed by atoms with Gasteiger partial charge in [0.15, 0.2) is 0 Å². The molecule has 1 aliphatic heterocycles. The van der Waals surface area contributed by atoms with E-state index in [0.717, 1.165) is 16.1 Å². The van der Waals surface area contributed by atoms with E-state index in [1.807, 2.05) is 25.1 Å². The second-order valence-corrected chi connectivity index (χ2v) is 6.17. The summed E-state index contributed by atoms with van der Waals surface area (Å²) in [6.45, 7) is 1.87. The molecule has 3 unspecified atom stereocenters. The molecular weight excluding hydrogens is 250 g/mol. The Morgan fingerprint density at radius 1 is 1.50 bits per heavy atom. The zero-order valence-corrected chi connectivity index (χ0v) is 10.7. The number of rotatable bonds is 2. The van der Waals surface area contributed by atoms with Gasteiger partial charge in [-0.25, -0.2) is 0 Å². The summed E-state index contributed by atoms with van der Waals surface area (Å²) in [5, 5.41) is 11.7. The van der Waals surface area contributed by atoms with E-state index < -0.39 is 5.97 Å². The summed E-state index contributed by atoms with van der Waals surface area (Å²) in [6, 6.07) is 5.87. The normalized spacial score (nSPS) is 29.4. The van der Waals surface area contributed by atoms with Gasteiger partial charge in [0.2, 0.25) is 5.91 Å². The number of anilines is 1. The van der Waals surface area contributed by atoms with E-state index in [2.05, 4.69) is 5.32 Å². The van der Waals surface area contributed by atoms with Gasteiger partial charge in [0, 0.05) is 4.90 Å². The Kier molecular flexibility index (Phi) is 2.59. The van der Waals surface area contributed by atoms with E-state index in [1.165, 1.54) is 11.8 Å². The third-order valence-electron chi connectivity index (χ3n) is 3.47. The molecule has 1 aliphatic carbocycles. The zero-order valence-electron chi connectivity index (χ0n) is 9.84. The summed E-state index contributed by atoms with van der Waals surface area (Å²) in [5.41, 5.74) is 1.83. The maximum absolute atomic E-state index is 11.6. The minimum Gasteiger partial charge on any atom is -0.481 e. The monoisotopic (exact) mass is 263 g/mol. The number of carboxylic acids is 1. The van der Waals surface area contributed by atoms with Crippen LogP contribution in [0.4, 0.5) is 5.69 Å². The number of carbonyl (C=O) groups is 2. The molecule has 1 fully saturated rings. The Morgan fingerprint density at radius 3 is 2.94 bits per heavy atom. The molecule has 2 N–H and O–H groups in total. The lowest BCUT2D eigenvalue weighted by atomic mass is 10.1. The highest BCUT2D eigenvalue weighted by molar-refractivity contribution is 8.00. The smallest absolute Gasteiger partial charge is 0.307 e. The summed E-state index contributed by atoms with van der Waals surface area (Å²) in [7, 11) is 0. The van der Waals surface area contributed by atoms with Gasteiger partial charge in [0.1, 0.15) is 0 Å². The first-order valence-electron chi connectivity index (χ1n) is 5.90. The molecule has 5 heteroatoms.